The van der Waals surface area contributed by atoms with Crippen LogP contribution in [0.4, 0.5) is 0 Å². The second kappa shape index (κ2) is 6.17. The van der Waals surface area contributed by atoms with Gasteiger partial charge in [0.05, 0.1) is 18.0 Å². The molecule has 0 bridgehead atoms. The Kier molecular flexibility index (Phi) is 5.17. The second-order valence-electron chi connectivity index (χ2n) is 3.34. The lowest BCUT2D eigenvalue weighted by Gasteiger charge is -2.13. The molecule has 1 aromatic heterocycles. The molecule has 86 valence electrons. The molecule has 1 aromatic rings. The smallest absolute Gasteiger partial charge is 0.118 e. The zero-order chi connectivity index (χ0) is 11.3. The molecule has 4 N–H and O–H groups in total. The summed E-state index contributed by atoms with van der Waals surface area (Å²) in [6.07, 6.45) is -0.694. The normalized spacial score (nSPS) is 15.2. The van der Waals surface area contributed by atoms with Crippen LogP contribution in [0, 0.1) is 6.92 Å². The number of aryl methyl sites for hydroxylation is 1. The molecule has 0 fully saturated rings. The minimum Gasteiger partial charge on any atom is -0.465 e. The molecule has 0 aliphatic rings. The fourth-order valence-electron chi connectivity index (χ4n) is 1.17. The molecule has 0 amide bonds. The number of furan rings is 1. The molecule has 0 saturated carbocycles. The van der Waals surface area contributed by atoms with Crippen LogP contribution in [-0.4, -0.2) is 35.2 Å². The van der Waals surface area contributed by atoms with Crippen LogP contribution in [0.5, 0.6) is 0 Å². The van der Waals surface area contributed by atoms with E-state index in [1.807, 2.05) is 19.1 Å². The summed E-state index contributed by atoms with van der Waals surface area (Å²) in [5, 5.41) is 17.9. The summed E-state index contributed by atoms with van der Waals surface area (Å²) in [4.78, 5) is 0. The first-order chi connectivity index (χ1) is 7.17. The van der Waals surface area contributed by atoms with E-state index in [0.29, 0.717) is 12.3 Å². The van der Waals surface area contributed by atoms with Gasteiger partial charge in [-0.25, -0.2) is 0 Å². The molecule has 0 aliphatic carbocycles. The van der Waals surface area contributed by atoms with E-state index >= 15 is 0 Å². The summed E-state index contributed by atoms with van der Waals surface area (Å²) < 4.78 is 5.46. The minimum atomic E-state index is -0.694. The van der Waals surface area contributed by atoms with Crippen LogP contribution >= 0.6 is 11.8 Å². The quantitative estimate of drug-likeness (QED) is 0.670. The molecule has 0 radical (unpaired) electrons. The zero-order valence-corrected chi connectivity index (χ0v) is 9.54. The number of nitrogens with two attached hydrogens (primary N) is 1. The molecular weight excluding hydrogens is 214 g/mol. The van der Waals surface area contributed by atoms with Crippen LogP contribution < -0.4 is 5.73 Å². The van der Waals surface area contributed by atoms with E-state index < -0.39 is 6.10 Å². The van der Waals surface area contributed by atoms with E-state index in [0.717, 1.165) is 11.5 Å². The predicted molar refractivity (Wildman–Crippen MR) is 60.8 cm³/mol. The van der Waals surface area contributed by atoms with E-state index in [4.69, 9.17) is 15.3 Å². The molecule has 0 aliphatic heterocycles. The van der Waals surface area contributed by atoms with Crippen molar-refractivity contribution in [2.45, 2.75) is 18.3 Å². The SMILES string of the molecule is Cc1ccc(C(CN)SCC(O)CO)o1. The molecule has 0 aromatic carbocycles. The van der Waals surface area contributed by atoms with Crippen molar-refractivity contribution in [1.29, 1.82) is 0 Å². The summed E-state index contributed by atoms with van der Waals surface area (Å²) >= 11 is 1.49. The van der Waals surface area contributed by atoms with E-state index in [2.05, 4.69) is 0 Å². The maximum absolute atomic E-state index is 9.21. The molecule has 2 unspecified atom stereocenters. The molecule has 2 atom stereocenters. The highest BCUT2D eigenvalue weighted by molar-refractivity contribution is 7.99. The first-order valence-electron chi connectivity index (χ1n) is 4.84. The van der Waals surface area contributed by atoms with Crippen LogP contribution in [-0.2, 0) is 0 Å². The van der Waals surface area contributed by atoms with E-state index in [1.165, 1.54) is 11.8 Å². The monoisotopic (exact) mass is 231 g/mol. The van der Waals surface area contributed by atoms with Crippen LogP contribution in [0.15, 0.2) is 16.5 Å². The number of aliphatic hydroxyl groups excluding tert-OH is 2. The molecule has 5 heteroatoms. The number of aliphatic hydroxyl groups is 2. The average molecular weight is 231 g/mol. The van der Waals surface area contributed by atoms with Crippen molar-refractivity contribution in [1.82, 2.24) is 0 Å². The van der Waals surface area contributed by atoms with Crippen molar-refractivity contribution in [3.63, 3.8) is 0 Å². The Balaban J connectivity index is 2.49. The Labute approximate surface area is 93.5 Å². The van der Waals surface area contributed by atoms with E-state index in [-0.39, 0.29) is 11.9 Å². The molecule has 0 spiro atoms. The Morgan fingerprint density at radius 1 is 1.53 bits per heavy atom. The van der Waals surface area contributed by atoms with Gasteiger partial charge in [-0.2, -0.15) is 0 Å². The van der Waals surface area contributed by atoms with Crippen LogP contribution in [0.1, 0.15) is 16.8 Å². The van der Waals surface area contributed by atoms with E-state index in [9.17, 15) is 5.11 Å². The van der Waals surface area contributed by atoms with Gasteiger partial charge in [-0.1, -0.05) is 0 Å². The van der Waals surface area contributed by atoms with Crippen molar-refractivity contribution in [2.24, 2.45) is 5.73 Å². The fourth-order valence-corrected chi connectivity index (χ4v) is 2.16. The van der Waals surface area contributed by atoms with Gasteiger partial charge in [-0.05, 0) is 19.1 Å². The lowest BCUT2D eigenvalue weighted by Crippen LogP contribution is -2.18. The van der Waals surface area contributed by atoms with E-state index in [1.54, 1.807) is 0 Å². The topological polar surface area (TPSA) is 79.6 Å². The fraction of sp³-hybridized carbons (Fsp3) is 0.600. The van der Waals surface area contributed by atoms with Gasteiger partial charge in [0, 0.05) is 12.3 Å². The molecular formula is C10H17NO3S. The minimum absolute atomic E-state index is 0.0416. The van der Waals surface area contributed by atoms with Gasteiger partial charge in [0.2, 0.25) is 0 Å². The first kappa shape index (κ1) is 12.6. The van der Waals surface area contributed by atoms with Gasteiger partial charge in [0.1, 0.15) is 11.5 Å². The molecule has 1 rings (SSSR count). The molecule has 4 nitrogen and oxygen atoms in total. The molecule has 1 heterocycles. The van der Waals surface area contributed by atoms with Gasteiger partial charge in [-0.15, -0.1) is 11.8 Å². The van der Waals surface area contributed by atoms with Crippen LogP contribution in [0.25, 0.3) is 0 Å². The van der Waals surface area contributed by atoms with Crippen molar-refractivity contribution in [3.05, 3.63) is 23.7 Å². The standard InChI is InChI=1S/C10H17NO3S/c1-7-2-3-9(14-7)10(4-11)15-6-8(13)5-12/h2-3,8,10,12-13H,4-6,11H2,1H3. The summed E-state index contributed by atoms with van der Waals surface area (Å²) in [7, 11) is 0. The maximum atomic E-state index is 9.21. The summed E-state index contributed by atoms with van der Waals surface area (Å²) in [5.41, 5.74) is 5.62. The number of hydrogen-bond donors (Lipinski definition) is 3. The largest absolute Gasteiger partial charge is 0.465 e. The lowest BCUT2D eigenvalue weighted by molar-refractivity contribution is 0.113. The van der Waals surface area contributed by atoms with Crippen molar-refractivity contribution in [2.75, 3.05) is 18.9 Å². The number of thioether (sulfide) groups is 1. The molecule has 0 saturated heterocycles. The highest BCUT2D eigenvalue weighted by atomic mass is 32.2. The molecule has 15 heavy (non-hydrogen) atoms. The van der Waals surface area contributed by atoms with Crippen molar-refractivity contribution >= 4 is 11.8 Å². The van der Waals surface area contributed by atoms with Crippen LogP contribution in [0.3, 0.4) is 0 Å². The summed E-state index contributed by atoms with van der Waals surface area (Å²) in [5.74, 6) is 2.13. The highest BCUT2D eigenvalue weighted by Gasteiger charge is 2.15. The average Bonchev–Trinajstić information content (AvgIpc) is 2.65. The maximum Gasteiger partial charge on any atom is 0.118 e. The lowest BCUT2D eigenvalue weighted by atomic mass is 10.3. The Hall–Kier alpha value is -0.490. The number of rotatable bonds is 6. The highest BCUT2D eigenvalue weighted by Crippen LogP contribution is 2.29. The van der Waals surface area contributed by atoms with Gasteiger partial charge in [-0.3, -0.25) is 0 Å². The van der Waals surface area contributed by atoms with Crippen molar-refractivity contribution < 1.29 is 14.6 Å². The van der Waals surface area contributed by atoms with Crippen molar-refractivity contribution in [3.8, 4) is 0 Å². The van der Waals surface area contributed by atoms with Gasteiger partial charge in [0.25, 0.3) is 0 Å². The Bertz CT molecular complexity index is 290. The first-order valence-corrected chi connectivity index (χ1v) is 5.89. The van der Waals surface area contributed by atoms with Crippen LogP contribution in [0.2, 0.25) is 0 Å². The zero-order valence-electron chi connectivity index (χ0n) is 8.72. The third-order valence-corrected chi connectivity index (χ3v) is 3.40. The van der Waals surface area contributed by atoms with Gasteiger partial charge < -0.3 is 20.4 Å². The Morgan fingerprint density at radius 2 is 2.27 bits per heavy atom. The summed E-state index contributed by atoms with van der Waals surface area (Å²) in [6, 6.07) is 3.78. The Morgan fingerprint density at radius 3 is 2.73 bits per heavy atom. The second-order valence-corrected chi connectivity index (χ2v) is 4.58. The van der Waals surface area contributed by atoms with Gasteiger partial charge in [0.15, 0.2) is 0 Å². The van der Waals surface area contributed by atoms with Gasteiger partial charge >= 0.3 is 0 Å². The third kappa shape index (κ3) is 3.87. The third-order valence-electron chi connectivity index (χ3n) is 1.99. The predicted octanol–water partition coefficient (Wildman–Crippen LogP) is 0.674. The number of hydrogen-bond acceptors (Lipinski definition) is 5. The summed E-state index contributed by atoms with van der Waals surface area (Å²) in [6.45, 7) is 2.11.